The minimum Gasteiger partial charge on any atom is -0.364 e. The number of hydrogen-bond acceptors (Lipinski definition) is 2. The molecular formula is C12H17ClFNS. The van der Waals surface area contributed by atoms with E-state index in [9.17, 15) is 4.39 Å². The fraction of sp³-hybridized carbons (Fsp3) is 0.500. The zero-order chi connectivity index (χ0) is 12.5. The molecule has 0 aliphatic heterocycles. The number of nitrogens with zero attached hydrogens (tertiary/aromatic N) is 1. The Kier molecular flexibility index (Phi) is 4.51. The van der Waals surface area contributed by atoms with Gasteiger partial charge >= 0.3 is 0 Å². The predicted octanol–water partition coefficient (Wildman–Crippen LogP) is 4.39. The van der Waals surface area contributed by atoms with Gasteiger partial charge in [-0.05, 0) is 39.8 Å². The standard InChI is InChI=1S/C12H17ClFNS/c1-7(2)15(8(3)4)11-6-12(16)9(13)5-10(11)14/h5-8,16H,1-4H3. The van der Waals surface area contributed by atoms with E-state index in [0.717, 1.165) is 0 Å². The van der Waals surface area contributed by atoms with Crippen molar-refractivity contribution in [3.63, 3.8) is 0 Å². The Labute approximate surface area is 107 Å². The zero-order valence-electron chi connectivity index (χ0n) is 9.96. The van der Waals surface area contributed by atoms with Gasteiger partial charge in [0.05, 0.1) is 10.7 Å². The van der Waals surface area contributed by atoms with E-state index in [1.165, 1.54) is 6.07 Å². The average Bonchev–Trinajstić information content (AvgIpc) is 2.12. The molecule has 0 aliphatic rings. The second-order valence-corrected chi connectivity index (χ2v) is 5.24. The Hall–Kier alpha value is -0.410. The number of thiol groups is 1. The summed E-state index contributed by atoms with van der Waals surface area (Å²) in [6.45, 7) is 8.14. The van der Waals surface area contributed by atoms with Gasteiger partial charge in [0.25, 0.3) is 0 Å². The first kappa shape index (κ1) is 13.7. The van der Waals surface area contributed by atoms with Crippen LogP contribution >= 0.6 is 24.2 Å². The third-order valence-corrected chi connectivity index (χ3v) is 3.22. The van der Waals surface area contributed by atoms with E-state index in [1.807, 2.05) is 32.6 Å². The molecule has 0 amide bonds. The van der Waals surface area contributed by atoms with Gasteiger partial charge in [-0.3, -0.25) is 0 Å². The van der Waals surface area contributed by atoms with Gasteiger partial charge in [0.15, 0.2) is 0 Å². The summed E-state index contributed by atoms with van der Waals surface area (Å²) in [5.41, 5.74) is 0.555. The second kappa shape index (κ2) is 5.28. The summed E-state index contributed by atoms with van der Waals surface area (Å²) in [7, 11) is 0. The lowest BCUT2D eigenvalue weighted by Gasteiger charge is -2.33. The van der Waals surface area contributed by atoms with Crippen molar-refractivity contribution in [3.8, 4) is 0 Å². The zero-order valence-corrected chi connectivity index (χ0v) is 11.6. The summed E-state index contributed by atoms with van der Waals surface area (Å²) >= 11 is 10.0. The molecule has 0 N–H and O–H groups in total. The summed E-state index contributed by atoms with van der Waals surface area (Å²) in [5, 5.41) is 0.344. The van der Waals surface area contributed by atoms with Gasteiger partial charge in [-0.2, -0.15) is 0 Å². The van der Waals surface area contributed by atoms with Crippen LogP contribution in [0.1, 0.15) is 27.7 Å². The summed E-state index contributed by atoms with van der Waals surface area (Å²) in [5.74, 6) is -0.301. The third-order valence-electron chi connectivity index (χ3n) is 2.41. The molecule has 0 radical (unpaired) electrons. The Morgan fingerprint density at radius 3 is 2.12 bits per heavy atom. The summed E-state index contributed by atoms with van der Waals surface area (Å²) in [4.78, 5) is 2.61. The van der Waals surface area contributed by atoms with E-state index >= 15 is 0 Å². The predicted molar refractivity (Wildman–Crippen MR) is 71.4 cm³/mol. The molecule has 0 bridgehead atoms. The van der Waals surface area contributed by atoms with Crippen LogP contribution in [-0.2, 0) is 0 Å². The third kappa shape index (κ3) is 2.83. The minimum absolute atomic E-state index is 0.225. The van der Waals surface area contributed by atoms with Crippen LogP contribution in [0.5, 0.6) is 0 Å². The van der Waals surface area contributed by atoms with Gasteiger partial charge in [-0.15, -0.1) is 12.6 Å². The smallest absolute Gasteiger partial charge is 0.148 e. The van der Waals surface area contributed by atoms with Crippen molar-refractivity contribution >= 4 is 29.9 Å². The van der Waals surface area contributed by atoms with Crippen LogP contribution in [0, 0.1) is 5.82 Å². The Balaban J connectivity index is 3.24. The number of halogens is 2. The first-order valence-corrected chi connectivity index (χ1v) is 6.13. The van der Waals surface area contributed by atoms with Gasteiger partial charge in [-0.1, -0.05) is 11.6 Å². The monoisotopic (exact) mass is 261 g/mol. The van der Waals surface area contributed by atoms with E-state index in [-0.39, 0.29) is 17.9 Å². The molecule has 0 spiro atoms. The van der Waals surface area contributed by atoms with Crippen LogP contribution < -0.4 is 4.90 Å². The molecule has 90 valence electrons. The van der Waals surface area contributed by atoms with Crippen molar-refractivity contribution in [2.24, 2.45) is 0 Å². The van der Waals surface area contributed by atoms with Crippen LogP contribution in [0.25, 0.3) is 0 Å². The molecule has 1 aromatic rings. The first-order valence-electron chi connectivity index (χ1n) is 5.31. The molecule has 1 nitrogen and oxygen atoms in total. The molecular weight excluding hydrogens is 245 g/mol. The van der Waals surface area contributed by atoms with E-state index in [1.54, 1.807) is 6.07 Å². The molecule has 0 heterocycles. The lowest BCUT2D eigenvalue weighted by molar-refractivity contribution is 0.566. The molecule has 0 unspecified atom stereocenters. The molecule has 1 aromatic carbocycles. The first-order chi connectivity index (χ1) is 7.34. The molecule has 0 saturated heterocycles. The fourth-order valence-corrected chi connectivity index (χ4v) is 2.21. The topological polar surface area (TPSA) is 3.24 Å². The Morgan fingerprint density at radius 2 is 1.69 bits per heavy atom. The van der Waals surface area contributed by atoms with E-state index in [4.69, 9.17) is 11.6 Å². The van der Waals surface area contributed by atoms with Gasteiger partial charge in [0, 0.05) is 17.0 Å². The van der Waals surface area contributed by atoms with Crippen LogP contribution in [-0.4, -0.2) is 12.1 Å². The molecule has 16 heavy (non-hydrogen) atoms. The van der Waals surface area contributed by atoms with E-state index in [2.05, 4.69) is 12.6 Å². The highest BCUT2D eigenvalue weighted by atomic mass is 35.5. The van der Waals surface area contributed by atoms with Crippen molar-refractivity contribution in [3.05, 3.63) is 23.0 Å². The number of hydrogen-bond donors (Lipinski definition) is 1. The number of benzene rings is 1. The van der Waals surface area contributed by atoms with Crippen LogP contribution in [0.2, 0.25) is 5.02 Å². The highest BCUT2D eigenvalue weighted by molar-refractivity contribution is 7.80. The lowest BCUT2D eigenvalue weighted by atomic mass is 10.1. The molecule has 0 aliphatic carbocycles. The van der Waals surface area contributed by atoms with Crippen LogP contribution in [0.15, 0.2) is 17.0 Å². The highest BCUT2D eigenvalue weighted by Crippen LogP contribution is 2.31. The maximum absolute atomic E-state index is 13.8. The number of rotatable bonds is 3. The van der Waals surface area contributed by atoms with E-state index in [0.29, 0.717) is 15.6 Å². The lowest BCUT2D eigenvalue weighted by Crippen LogP contribution is -2.37. The molecule has 4 heteroatoms. The Bertz CT molecular complexity index is 372. The molecule has 0 saturated carbocycles. The average molecular weight is 262 g/mol. The van der Waals surface area contributed by atoms with Crippen molar-refractivity contribution in [1.82, 2.24) is 0 Å². The molecule has 0 atom stereocenters. The quantitative estimate of drug-likeness (QED) is 0.790. The normalized spacial score (nSPS) is 11.3. The van der Waals surface area contributed by atoms with Gasteiger partial charge in [-0.25, -0.2) is 4.39 Å². The summed E-state index contributed by atoms with van der Waals surface area (Å²) in [6.07, 6.45) is 0. The van der Waals surface area contributed by atoms with Crippen molar-refractivity contribution in [2.75, 3.05) is 4.90 Å². The fourth-order valence-electron chi connectivity index (χ4n) is 1.88. The SMILES string of the molecule is CC(C)N(c1cc(S)c(Cl)cc1F)C(C)C. The largest absolute Gasteiger partial charge is 0.364 e. The van der Waals surface area contributed by atoms with Gasteiger partial charge < -0.3 is 4.90 Å². The van der Waals surface area contributed by atoms with Crippen LogP contribution in [0.4, 0.5) is 10.1 Å². The van der Waals surface area contributed by atoms with Crippen molar-refractivity contribution in [1.29, 1.82) is 0 Å². The number of anilines is 1. The summed E-state index contributed by atoms with van der Waals surface area (Å²) in [6, 6.07) is 3.45. The minimum atomic E-state index is -0.301. The molecule has 1 rings (SSSR count). The van der Waals surface area contributed by atoms with E-state index < -0.39 is 0 Å². The van der Waals surface area contributed by atoms with Gasteiger partial charge in [0.1, 0.15) is 5.82 Å². The van der Waals surface area contributed by atoms with Crippen molar-refractivity contribution < 1.29 is 4.39 Å². The second-order valence-electron chi connectivity index (χ2n) is 4.35. The Morgan fingerprint density at radius 1 is 1.19 bits per heavy atom. The van der Waals surface area contributed by atoms with Crippen LogP contribution in [0.3, 0.4) is 0 Å². The van der Waals surface area contributed by atoms with Crippen molar-refractivity contribution in [2.45, 2.75) is 44.7 Å². The maximum Gasteiger partial charge on any atom is 0.148 e. The molecule has 0 fully saturated rings. The van der Waals surface area contributed by atoms with Gasteiger partial charge in [0.2, 0.25) is 0 Å². The maximum atomic E-state index is 13.8. The molecule has 0 aromatic heterocycles. The summed E-state index contributed by atoms with van der Waals surface area (Å²) < 4.78 is 13.8. The highest BCUT2D eigenvalue weighted by Gasteiger charge is 2.19.